The van der Waals surface area contributed by atoms with Gasteiger partial charge in [-0.05, 0) is 29.4 Å². The Balaban J connectivity index is 1.61. The first-order chi connectivity index (χ1) is 11.2. The summed E-state index contributed by atoms with van der Waals surface area (Å²) < 4.78 is 5.42. The van der Waals surface area contributed by atoms with Crippen molar-refractivity contribution >= 4 is 11.8 Å². The maximum Gasteiger partial charge on any atom is 0.126 e. The topological polar surface area (TPSA) is 41.5 Å². The minimum absolute atomic E-state index is 0.526. The van der Waals surface area contributed by atoms with Crippen LogP contribution in [0.2, 0.25) is 0 Å². The van der Waals surface area contributed by atoms with Crippen LogP contribution in [0.25, 0.3) is 11.1 Å². The Kier molecular flexibility index (Phi) is 5.26. The minimum Gasteiger partial charge on any atom is -0.496 e. The molecule has 0 aliphatic carbocycles. The molecule has 1 saturated heterocycles. The van der Waals surface area contributed by atoms with Gasteiger partial charge in [0.05, 0.1) is 12.7 Å². The normalized spacial score (nSPS) is 20.6. The number of methoxy groups -OCH3 is 1. The number of nitrogens with one attached hydrogen (secondary N) is 1. The average molecular weight is 329 g/mol. The highest BCUT2D eigenvalue weighted by atomic mass is 32.2. The number of hydrogen-bond acceptors (Lipinski definition) is 4. The van der Waals surface area contributed by atoms with Gasteiger partial charge in [0.1, 0.15) is 5.75 Å². The Hall–Kier alpha value is -1.49. The lowest BCUT2D eigenvalue weighted by Crippen LogP contribution is -2.40. The largest absolute Gasteiger partial charge is 0.496 e. The molecule has 0 radical (unpaired) electrons. The third-order valence-corrected chi connectivity index (χ3v) is 5.47. The molecule has 1 aliphatic rings. The van der Waals surface area contributed by atoms with E-state index in [0.29, 0.717) is 6.54 Å². The van der Waals surface area contributed by atoms with Crippen LogP contribution in [0, 0.1) is 0 Å². The van der Waals surface area contributed by atoms with E-state index in [9.17, 15) is 5.11 Å². The summed E-state index contributed by atoms with van der Waals surface area (Å²) in [5, 5.41) is 13.7. The van der Waals surface area contributed by atoms with E-state index < -0.39 is 5.60 Å². The molecule has 2 aromatic carbocycles. The van der Waals surface area contributed by atoms with E-state index in [1.807, 2.05) is 30.0 Å². The second kappa shape index (κ2) is 7.39. The molecule has 4 heteroatoms. The van der Waals surface area contributed by atoms with E-state index in [0.717, 1.165) is 41.3 Å². The van der Waals surface area contributed by atoms with E-state index >= 15 is 0 Å². The van der Waals surface area contributed by atoms with Gasteiger partial charge in [-0.2, -0.15) is 11.8 Å². The average Bonchev–Trinajstić information content (AvgIpc) is 3.02. The third-order valence-electron chi connectivity index (χ3n) is 4.24. The van der Waals surface area contributed by atoms with Gasteiger partial charge in [-0.3, -0.25) is 0 Å². The highest BCUT2D eigenvalue weighted by Crippen LogP contribution is 2.30. The fraction of sp³-hybridized carbons (Fsp3) is 0.368. The second-order valence-electron chi connectivity index (χ2n) is 6.03. The van der Waals surface area contributed by atoms with Crippen LogP contribution in [0.3, 0.4) is 0 Å². The van der Waals surface area contributed by atoms with Gasteiger partial charge in [0.15, 0.2) is 0 Å². The predicted molar refractivity (Wildman–Crippen MR) is 97.0 cm³/mol. The van der Waals surface area contributed by atoms with Crippen LogP contribution in [-0.2, 0) is 6.54 Å². The molecule has 1 aliphatic heterocycles. The number of hydrogen-bond donors (Lipinski definition) is 2. The molecule has 3 nitrogen and oxygen atoms in total. The van der Waals surface area contributed by atoms with Crippen LogP contribution in [0.5, 0.6) is 5.75 Å². The Morgan fingerprint density at radius 1 is 1.17 bits per heavy atom. The quantitative estimate of drug-likeness (QED) is 0.853. The summed E-state index contributed by atoms with van der Waals surface area (Å²) in [6.45, 7) is 1.44. The first kappa shape index (κ1) is 16.4. The fourth-order valence-corrected chi connectivity index (χ4v) is 4.16. The molecule has 2 N–H and O–H groups in total. The summed E-state index contributed by atoms with van der Waals surface area (Å²) in [7, 11) is 1.70. The van der Waals surface area contributed by atoms with Crippen LogP contribution in [0.15, 0.2) is 48.5 Å². The lowest BCUT2D eigenvalue weighted by molar-refractivity contribution is 0.0675. The summed E-state index contributed by atoms with van der Waals surface area (Å²) in [5.74, 6) is 2.79. The highest BCUT2D eigenvalue weighted by molar-refractivity contribution is 7.99. The maximum atomic E-state index is 10.3. The van der Waals surface area contributed by atoms with Gasteiger partial charge in [0, 0.05) is 24.4 Å². The molecular formula is C19H23NO2S. The zero-order valence-corrected chi connectivity index (χ0v) is 14.2. The maximum absolute atomic E-state index is 10.3. The summed E-state index contributed by atoms with van der Waals surface area (Å²) in [6.07, 6.45) is 0.886. The highest BCUT2D eigenvalue weighted by Gasteiger charge is 2.30. The molecule has 0 bridgehead atoms. The molecule has 1 unspecified atom stereocenters. The number of thioether (sulfide) groups is 1. The van der Waals surface area contributed by atoms with E-state index in [1.165, 1.54) is 5.56 Å². The van der Waals surface area contributed by atoms with Gasteiger partial charge >= 0.3 is 0 Å². The molecule has 0 amide bonds. The number of ether oxygens (including phenoxy) is 1. The Labute approximate surface area is 142 Å². The number of para-hydroxylation sites is 1. The van der Waals surface area contributed by atoms with Gasteiger partial charge < -0.3 is 15.2 Å². The van der Waals surface area contributed by atoms with Gasteiger partial charge in [0.25, 0.3) is 0 Å². The lowest BCUT2D eigenvalue weighted by atomic mass is 10.0. The Morgan fingerprint density at radius 3 is 2.65 bits per heavy atom. The van der Waals surface area contributed by atoms with Crippen molar-refractivity contribution in [2.24, 2.45) is 0 Å². The molecule has 0 aromatic heterocycles. The first-order valence-corrected chi connectivity index (χ1v) is 9.09. The van der Waals surface area contributed by atoms with Crippen molar-refractivity contribution in [1.82, 2.24) is 5.32 Å². The van der Waals surface area contributed by atoms with Crippen LogP contribution in [0.1, 0.15) is 12.0 Å². The van der Waals surface area contributed by atoms with E-state index in [4.69, 9.17) is 4.74 Å². The van der Waals surface area contributed by atoms with Gasteiger partial charge in [0.2, 0.25) is 0 Å². The van der Waals surface area contributed by atoms with E-state index in [-0.39, 0.29) is 0 Å². The fourth-order valence-electron chi connectivity index (χ4n) is 2.86. The summed E-state index contributed by atoms with van der Waals surface area (Å²) in [5.41, 5.74) is 2.95. The molecule has 1 fully saturated rings. The molecule has 2 aromatic rings. The molecule has 122 valence electrons. The minimum atomic E-state index is -0.526. The molecule has 1 heterocycles. The first-order valence-electron chi connectivity index (χ1n) is 7.93. The van der Waals surface area contributed by atoms with Crippen LogP contribution >= 0.6 is 11.8 Å². The van der Waals surface area contributed by atoms with Crippen molar-refractivity contribution in [3.63, 3.8) is 0 Å². The smallest absolute Gasteiger partial charge is 0.126 e. The summed E-state index contributed by atoms with van der Waals surface area (Å²) >= 11 is 1.83. The van der Waals surface area contributed by atoms with Crippen molar-refractivity contribution in [3.8, 4) is 16.9 Å². The zero-order chi connectivity index (χ0) is 16.1. The predicted octanol–water partition coefficient (Wildman–Crippen LogP) is 3.32. The number of aliphatic hydroxyl groups is 1. The van der Waals surface area contributed by atoms with Crippen molar-refractivity contribution in [2.75, 3.05) is 25.2 Å². The van der Waals surface area contributed by atoms with Crippen LogP contribution < -0.4 is 10.1 Å². The van der Waals surface area contributed by atoms with Gasteiger partial charge in [-0.1, -0.05) is 42.5 Å². The Bertz CT molecular complexity index is 636. The van der Waals surface area contributed by atoms with Crippen molar-refractivity contribution in [3.05, 3.63) is 54.1 Å². The van der Waals surface area contributed by atoms with Crippen molar-refractivity contribution in [1.29, 1.82) is 0 Å². The van der Waals surface area contributed by atoms with Gasteiger partial charge in [-0.15, -0.1) is 0 Å². The Morgan fingerprint density at radius 2 is 1.96 bits per heavy atom. The SMILES string of the molecule is COc1ccccc1-c1ccc(CNCC2(O)CCSC2)cc1. The zero-order valence-electron chi connectivity index (χ0n) is 13.4. The molecule has 3 rings (SSSR count). The molecule has 23 heavy (non-hydrogen) atoms. The van der Waals surface area contributed by atoms with Crippen LogP contribution in [0.4, 0.5) is 0 Å². The number of rotatable bonds is 6. The summed E-state index contributed by atoms with van der Waals surface area (Å²) in [6, 6.07) is 16.5. The standard InChI is InChI=1S/C19H23NO2S/c1-22-18-5-3-2-4-17(18)16-8-6-15(7-9-16)12-20-13-19(21)10-11-23-14-19/h2-9,20-21H,10-14H2,1H3. The van der Waals surface area contributed by atoms with E-state index in [1.54, 1.807) is 7.11 Å². The van der Waals surface area contributed by atoms with Crippen molar-refractivity contribution in [2.45, 2.75) is 18.6 Å². The van der Waals surface area contributed by atoms with Gasteiger partial charge in [-0.25, -0.2) is 0 Å². The van der Waals surface area contributed by atoms with Crippen molar-refractivity contribution < 1.29 is 9.84 Å². The van der Waals surface area contributed by atoms with Crippen LogP contribution in [-0.4, -0.2) is 35.9 Å². The number of benzene rings is 2. The lowest BCUT2D eigenvalue weighted by Gasteiger charge is -2.21. The third kappa shape index (κ3) is 4.08. The molecule has 1 atom stereocenters. The monoisotopic (exact) mass is 329 g/mol. The van der Waals surface area contributed by atoms with E-state index in [2.05, 4.69) is 35.6 Å². The molecule has 0 spiro atoms. The molecular weight excluding hydrogens is 306 g/mol. The summed E-state index contributed by atoms with van der Waals surface area (Å²) in [4.78, 5) is 0. The second-order valence-corrected chi connectivity index (χ2v) is 7.13. The molecule has 0 saturated carbocycles.